The summed E-state index contributed by atoms with van der Waals surface area (Å²) >= 11 is 0. The number of esters is 1. The lowest BCUT2D eigenvalue weighted by Crippen LogP contribution is -2.52. The zero-order valence-corrected chi connectivity index (χ0v) is 15.1. The van der Waals surface area contributed by atoms with Gasteiger partial charge in [0.2, 0.25) is 0 Å². The van der Waals surface area contributed by atoms with E-state index in [1.54, 1.807) is 38.1 Å². The Bertz CT molecular complexity index is 612. The Balaban J connectivity index is 3.43. The van der Waals surface area contributed by atoms with Crippen LogP contribution in [0.1, 0.15) is 51.5 Å². The van der Waals surface area contributed by atoms with Crippen molar-refractivity contribution in [2.75, 3.05) is 13.7 Å². The highest BCUT2D eigenvalue weighted by Gasteiger charge is 2.58. The maximum Gasteiger partial charge on any atom is 0.385 e. The van der Waals surface area contributed by atoms with Crippen LogP contribution in [0, 0.1) is 10.1 Å². The standard InChI is InChI=1S/C18H25NO6/c1-5-16(14-7-9-15(24-4)10-8-14)18(19(22)23,12-11-13(3)20)17(21)25-6-2/h7-10,16H,5-6,11-12H2,1-4H3. The van der Waals surface area contributed by atoms with Crippen LogP contribution in [0.2, 0.25) is 0 Å². The summed E-state index contributed by atoms with van der Waals surface area (Å²) in [5.41, 5.74) is -1.36. The number of carbonyl (C=O) groups is 2. The largest absolute Gasteiger partial charge is 0.497 e. The molecule has 0 aromatic heterocycles. The van der Waals surface area contributed by atoms with Crippen LogP contribution >= 0.6 is 0 Å². The lowest BCUT2D eigenvalue weighted by atomic mass is 9.74. The van der Waals surface area contributed by atoms with E-state index in [4.69, 9.17) is 9.47 Å². The summed E-state index contributed by atoms with van der Waals surface area (Å²) in [5.74, 6) is -1.21. The fraction of sp³-hybridized carbons (Fsp3) is 0.556. The second-order valence-electron chi connectivity index (χ2n) is 5.84. The Morgan fingerprint density at radius 2 is 1.84 bits per heavy atom. The molecule has 0 bridgehead atoms. The monoisotopic (exact) mass is 351 g/mol. The highest BCUT2D eigenvalue weighted by Crippen LogP contribution is 2.39. The van der Waals surface area contributed by atoms with E-state index in [1.165, 1.54) is 14.0 Å². The van der Waals surface area contributed by atoms with E-state index in [0.717, 1.165) is 0 Å². The topological polar surface area (TPSA) is 95.7 Å². The van der Waals surface area contributed by atoms with Gasteiger partial charge in [-0.25, -0.2) is 4.79 Å². The van der Waals surface area contributed by atoms with E-state index >= 15 is 0 Å². The summed E-state index contributed by atoms with van der Waals surface area (Å²) in [6.45, 7) is 4.76. The van der Waals surface area contributed by atoms with Gasteiger partial charge in [-0.05, 0) is 38.0 Å². The predicted molar refractivity (Wildman–Crippen MR) is 92.3 cm³/mol. The van der Waals surface area contributed by atoms with E-state index in [-0.39, 0.29) is 25.2 Å². The zero-order chi connectivity index (χ0) is 19.0. The molecular formula is C18H25NO6. The van der Waals surface area contributed by atoms with Gasteiger partial charge >= 0.3 is 11.5 Å². The van der Waals surface area contributed by atoms with Crippen LogP contribution < -0.4 is 4.74 Å². The van der Waals surface area contributed by atoms with Gasteiger partial charge in [0.05, 0.1) is 19.6 Å². The minimum atomic E-state index is -2.00. The molecule has 7 nitrogen and oxygen atoms in total. The lowest BCUT2D eigenvalue weighted by molar-refractivity contribution is -0.561. The molecule has 0 saturated carbocycles. The summed E-state index contributed by atoms with van der Waals surface area (Å²) in [6.07, 6.45) is 0.0924. The van der Waals surface area contributed by atoms with Gasteiger partial charge in [0, 0.05) is 17.8 Å². The maximum atomic E-state index is 12.6. The van der Waals surface area contributed by atoms with E-state index in [2.05, 4.69) is 0 Å². The van der Waals surface area contributed by atoms with Crippen LogP contribution in [-0.4, -0.2) is 35.9 Å². The van der Waals surface area contributed by atoms with Crippen molar-refractivity contribution < 1.29 is 24.0 Å². The molecule has 1 aromatic carbocycles. The molecule has 0 N–H and O–H groups in total. The van der Waals surface area contributed by atoms with Gasteiger partial charge in [-0.15, -0.1) is 0 Å². The average Bonchev–Trinajstić information content (AvgIpc) is 2.58. The van der Waals surface area contributed by atoms with Crippen LogP contribution in [0.4, 0.5) is 0 Å². The first-order valence-corrected chi connectivity index (χ1v) is 8.28. The number of rotatable bonds is 10. The van der Waals surface area contributed by atoms with Crippen LogP contribution in [0.3, 0.4) is 0 Å². The van der Waals surface area contributed by atoms with Crippen molar-refractivity contribution >= 4 is 11.8 Å². The van der Waals surface area contributed by atoms with Crippen molar-refractivity contribution in [1.82, 2.24) is 0 Å². The van der Waals surface area contributed by atoms with Crippen LogP contribution in [0.25, 0.3) is 0 Å². The molecule has 0 aliphatic heterocycles. The first kappa shape index (κ1) is 20.6. The number of ketones is 1. The highest BCUT2D eigenvalue weighted by molar-refractivity contribution is 5.82. The molecule has 2 unspecified atom stereocenters. The fourth-order valence-electron chi connectivity index (χ4n) is 3.02. The second kappa shape index (κ2) is 9.15. The third-order valence-corrected chi connectivity index (χ3v) is 4.32. The van der Waals surface area contributed by atoms with Gasteiger partial charge < -0.3 is 14.3 Å². The Labute approximate surface area is 147 Å². The van der Waals surface area contributed by atoms with Crippen molar-refractivity contribution in [1.29, 1.82) is 0 Å². The van der Waals surface area contributed by atoms with Crippen molar-refractivity contribution in [2.24, 2.45) is 0 Å². The minimum absolute atomic E-state index is 0.0353. The normalized spacial score (nSPS) is 14.2. The summed E-state index contributed by atoms with van der Waals surface area (Å²) in [5, 5.41) is 12.0. The minimum Gasteiger partial charge on any atom is -0.497 e. The van der Waals surface area contributed by atoms with Gasteiger partial charge in [0.1, 0.15) is 11.5 Å². The van der Waals surface area contributed by atoms with Gasteiger partial charge in [-0.2, -0.15) is 0 Å². The molecule has 2 atom stereocenters. The molecule has 0 saturated heterocycles. The number of hydrogen-bond acceptors (Lipinski definition) is 6. The van der Waals surface area contributed by atoms with Crippen molar-refractivity contribution in [3.63, 3.8) is 0 Å². The van der Waals surface area contributed by atoms with Crippen molar-refractivity contribution in [3.05, 3.63) is 39.9 Å². The lowest BCUT2D eigenvalue weighted by Gasteiger charge is -2.30. The fourth-order valence-corrected chi connectivity index (χ4v) is 3.02. The van der Waals surface area contributed by atoms with Gasteiger partial charge in [-0.3, -0.25) is 10.1 Å². The first-order valence-electron chi connectivity index (χ1n) is 8.28. The Morgan fingerprint density at radius 1 is 1.24 bits per heavy atom. The van der Waals surface area contributed by atoms with Crippen molar-refractivity contribution in [2.45, 2.75) is 51.5 Å². The van der Waals surface area contributed by atoms with Crippen molar-refractivity contribution in [3.8, 4) is 5.75 Å². The first-order chi connectivity index (χ1) is 11.8. The number of carbonyl (C=O) groups excluding carboxylic acids is 2. The molecule has 0 aliphatic rings. The average molecular weight is 351 g/mol. The van der Waals surface area contributed by atoms with Gasteiger partial charge in [-0.1, -0.05) is 19.1 Å². The number of methoxy groups -OCH3 is 1. The predicted octanol–water partition coefficient (Wildman–Crippen LogP) is 3.14. The molecule has 138 valence electrons. The Kier molecular flexibility index (Phi) is 7.54. The zero-order valence-electron chi connectivity index (χ0n) is 15.1. The number of benzene rings is 1. The molecule has 1 rings (SSSR count). The molecule has 0 radical (unpaired) electrons. The van der Waals surface area contributed by atoms with E-state index in [9.17, 15) is 19.7 Å². The van der Waals surface area contributed by atoms with Crippen LogP contribution in [0.15, 0.2) is 24.3 Å². The van der Waals surface area contributed by atoms with Gasteiger partial charge in [0.25, 0.3) is 0 Å². The number of nitro groups is 1. The molecule has 7 heteroatoms. The Morgan fingerprint density at radius 3 is 2.24 bits per heavy atom. The molecule has 1 aromatic rings. The van der Waals surface area contributed by atoms with E-state index < -0.39 is 22.3 Å². The molecule has 0 fully saturated rings. The summed E-state index contributed by atoms with van der Waals surface area (Å²) in [6, 6.07) is 6.80. The number of Topliss-reactive ketones (excluding diaryl/α,β-unsaturated/α-hetero) is 1. The molecule has 0 aliphatic carbocycles. The third-order valence-electron chi connectivity index (χ3n) is 4.32. The van der Waals surface area contributed by atoms with Crippen LogP contribution in [0.5, 0.6) is 5.75 Å². The molecule has 0 heterocycles. The summed E-state index contributed by atoms with van der Waals surface area (Å²) in [4.78, 5) is 35.5. The molecule has 0 amide bonds. The van der Waals surface area contributed by atoms with E-state index in [0.29, 0.717) is 17.7 Å². The van der Waals surface area contributed by atoms with Crippen LogP contribution in [-0.2, 0) is 14.3 Å². The number of hydrogen-bond donors (Lipinski definition) is 0. The van der Waals surface area contributed by atoms with E-state index in [1.807, 2.05) is 0 Å². The highest BCUT2D eigenvalue weighted by atomic mass is 16.6. The third kappa shape index (κ3) is 4.55. The summed E-state index contributed by atoms with van der Waals surface area (Å²) in [7, 11) is 1.53. The number of nitrogens with zero attached hydrogens (tertiary/aromatic N) is 1. The maximum absolute atomic E-state index is 12.6. The molecular weight excluding hydrogens is 326 g/mol. The van der Waals surface area contributed by atoms with Gasteiger partial charge in [0.15, 0.2) is 0 Å². The second-order valence-corrected chi connectivity index (χ2v) is 5.84. The smallest absolute Gasteiger partial charge is 0.385 e. The molecule has 0 spiro atoms. The molecule has 25 heavy (non-hydrogen) atoms. The Hall–Kier alpha value is -2.44. The SMILES string of the molecule is CCOC(=O)C(CCC(C)=O)(C(CC)c1ccc(OC)cc1)[N+](=O)[O-]. The number of ether oxygens (including phenoxy) is 2. The summed E-state index contributed by atoms with van der Waals surface area (Å²) < 4.78 is 10.1. The quantitative estimate of drug-likeness (QED) is 0.365.